The molecular formula is C24H25F3N6O. The van der Waals surface area contributed by atoms with Gasteiger partial charge in [0.25, 0.3) is 5.91 Å². The Labute approximate surface area is 194 Å². The number of hydrogen-bond donors (Lipinski definition) is 1. The van der Waals surface area contributed by atoms with Gasteiger partial charge < -0.3 is 5.32 Å². The van der Waals surface area contributed by atoms with Crippen molar-refractivity contribution in [1.29, 1.82) is 0 Å². The summed E-state index contributed by atoms with van der Waals surface area (Å²) in [5, 5.41) is 11.0. The molecule has 4 rings (SSSR count). The van der Waals surface area contributed by atoms with Gasteiger partial charge in [0.2, 0.25) is 0 Å². The molecule has 1 atom stereocenters. The van der Waals surface area contributed by atoms with E-state index in [-0.39, 0.29) is 17.0 Å². The van der Waals surface area contributed by atoms with Crippen LogP contribution in [0.1, 0.15) is 58.5 Å². The second-order valence-corrected chi connectivity index (χ2v) is 8.32. The van der Waals surface area contributed by atoms with E-state index in [1.54, 1.807) is 29.9 Å². The lowest BCUT2D eigenvalue weighted by Crippen LogP contribution is -2.27. The molecule has 34 heavy (non-hydrogen) atoms. The summed E-state index contributed by atoms with van der Waals surface area (Å²) in [5.41, 5.74) is 3.20. The number of halogens is 3. The summed E-state index contributed by atoms with van der Waals surface area (Å²) in [4.78, 5) is 17.2. The molecule has 1 N–H and O–H groups in total. The quantitative estimate of drug-likeness (QED) is 0.443. The Morgan fingerprint density at radius 1 is 1.12 bits per heavy atom. The SMILES string of the molecule is CCn1ncc(C(C)NC(=O)c2cc3nc(-c4ccc(C)c(C)c4)cc(C(F)(F)F)n3n2)c1C. The smallest absolute Gasteiger partial charge is 0.344 e. The highest BCUT2D eigenvalue weighted by atomic mass is 19.4. The molecule has 0 aliphatic carbocycles. The van der Waals surface area contributed by atoms with Crippen molar-refractivity contribution in [3.05, 3.63) is 70.3 Å². The fourth-order valence-electron chi connectivity index (χ4n) is 3.89. The number of alkyl halides is 3. The topological polar surface area (TPSA) is 77.1 Å². The van der Waals surface area contributed by atoms with Crippen LogP contribution in [-0.4, -0.2) is 30.3 Å². The number of carbonyl (C=O) groups excluding carboxylic acids is 1. The van der Waals surface area contributed by atoms with E-state index >= 15 is 0 Å². The second kappa shape index (κ2) is 8.58. The number of nitrogens with zero attached hydrogens (tertiary/aromatic N) is 5. The maximum atomic E-state index is 13.9. The molecule has 3 heterocycles. The summed E-state index contributed by atoms with van der Waals surface area (Å²) < 4.78 is 44.1. The van der Waals surface area contributed by atoms with Crippen LogP contribution in [0, 0.1) is 20.8 Å². The predicted octanol–water partition coefficient (Wildman–Crippen LogP) is 5.05. The molecule has 10 heteroatoms. The number of nitrogens with one attached hydrogen (secondary N) is 1. The van der Waals surface area contributed by atoms with Gasteiger partial charge in [-0.15, -0.1) is 0 Å². The molecule has 0 aliphatic heterocycles. The predicted molar refractivity (Wildman–Crippen MR) is 121 cm³/mol. The molecule has 0 bridgehead atoms. The molecule has 178 valence electrons. The maximum Gasteiger partial charge on any atom is 0.433 e. The monoisotopic (exact) mass is 470 g/mol. The molecule has 0 radical (unpaired) electrons. The number of rotatable bonds is 5. The van der Waals surface area contributed by atoms with Gasteiger partial charge >= 0.3 is 6.18 Å². The van der Waals surface area contributed by atoms with Crippen molar-refractivity contribution in [3.63, 3.8) is 0 Å². The number of aromatic nitrogens is 5. The number of fused-ring (bicyclic) bond motifs is 1. The normalized spacial score (nSPS) is 12.8. The third-order valence-corrected chi connectivity index (χ3v) is 6.01. The Morgan fingerprint density at radius 3 is 2.47 bits per heavy atom. The van der Waals surface area contributed by atoms with Crippen LogP contribution in [0.15, 0.2) is 36.5 Å². The summed E-state index contributed by atoms with van der Waals surface area (Å²) in [6.45, 7) is 10.1. The molecule has 0 saturated heterocycles. The van der Waals surface area contributed by atoms with Crippen molar-refractivity contribution < 1.29 is 18.0 Å². The lowest BCUT2D eigenvalue weighted by molar-refractivity contribution is -0.142. The van der Waals surface area contributed by atoms with Gasteiger partial charge in [-0.05, 0) is 57.9 Å². The van der Waals surface area contributed by atoms with Gasteiger partial charge in [0.05, 0.1) is 17.9 Å². The average molecular weight is 470 g/mol. The number of benzene rings is 1. The summed E-state index contributed by atoms with van der Waals surface area (Å²) in [6, 6.07) is 7.17. The molecule has 0 spiro atoms. The third kappa shape index (κ3) is 4.27. The Balaban J connectivity index is 1.72. The summed E-state index contributed by atoms with van der Waals surface area (Å²) >= 11 is 0. The first-order valence-electron chi connectivity index (χ1n) is 10.9. The van der Waals surface area contributed by atoms with E-state index in [2.05, 4.69) is 20.5 Å². The zero-order valence-corrected chi connectivity index (χ0v) is 19.5. The first-order valence-corrected chi connectivity index (χ1v) is 10.9. The summed E-state index contributed by atoms with van der Waals surface area (Å²) in [5.74, 6) is -0.595. The Morgan fingerprint density at radius 2 is 1.85 bits per heavy atom. The molecule has 1 aromatic carbocycles. The molecule has 0 saturated carbocycles. The molecule has 0 aliphatic rings. The first kappa shape index (κ1) is 23.5. The van der Waals surface area contributed by atoms with Crippen LogP contribution in [0.3, 0.4) is 0 Å². The third-order valence-electron chi connectivity index (χ3n) is 6.01. The lowest BCUT2D eigenvalue weighted by atomic mass is 10.0. The Kier molecular flexibility index (Phi) is 5.93. The Bertz CT molecular complexity index is 1390. The van der Waals surface area contributed by atoms with Crippen LogP contribution in [-0.2, 0) is 12.7 Å². The average Bonchev–Trinajstić information content (AvgIpc) is 3.37. The van der Waals surface area contributed by atoms with E-state index < -0.39 is 23.8 Å². The minimum absolute atomic E-state index is 0.0594. The van der Waals surface area contributed by atoms with Gasteiger partial charge in [0, 0.05) is 29.4 Å². The minimum Gasteiger partial charge on any atom is -0.344 e. The van der Waals surface area contributed by atoms with E-state index in [4.69, 9.17) is 0 Å². The van der Waals surface area contributed by atoms with Crippen LogP contribution in [0.25, 0.3) is 16.9 Å². The molecule has 1 amide bonds. The van der Waals surface area contributed by atoms with Crippen molar-refractivity contribution in [2.24, 2.45) is 0 Å². The maximum absolute atomic E-state index is 13.9. The van der Waals surface area contributed by atoms with Gasteiger partial charge in [-0.2, -0.15) is 23.4 Å². The first-order chi connectivity index (χ1) is 16.0. The zero-order valence-electron chi connectivity index (χ0n) is 19.5. The van der Waals surface area contributed by atoms with Gasteiger partial charge in [-0.1, -0.05) is 12.1 Å². The number of hydrogen-bond acceptors (Lipinski definition) is 4. The van der Waals surface area contributed by atoms with Gasteiger partial charge in [0.1, 0.15) is 0 Å². The van der Waals surface area contributed by atoms with E-state index in [1.165, 1.54) is 6.07 Å². The standard InChI is InChI=1S/C24H25F3N6O/c1-6-32-16(5)18(12-28-32)15(4)29-23(34)20-11-22-30-19(17-8-7-13(2)14(3)9-17)10-21(24(25,26)27)33(22)31-20/h7-12,15H,6H2,1-5H3,(H,29,34). The number of carbonyl (C=O) groups is 1. The van der Waals surface area contributed by atoms with Crippen molar-refractivity contribution >= 4 is 11.6 Å². The molecule has 7 nitrogen and oxygen atoms in total. The number of aryl methyl sites for hydroxylation is 3. The fraction of sp³-hybridized carbons (Fsp3) is 0.333. The van der Waals surface area contributed by atoms with Crippen molar-refractivity contribution in [1.82, 2.24) is 29.7 Å². The molecule has 0 fully saturated rings. The Hall–Kier alpha value is -3.69. The molecule has 1 unspecified atom stereocenters. The van der Waals surface area contributed by atoms with Crippen LogP contribution in [0.5, 0.6) is 0 Å². The van der Waals surface area contributed by atoms with E-state index in [0.717, 1.165) is 28.5 Å². The van der Waals surface area contributed by atoms with Crippen molar-refractivity contribution in [3.8, 4) is 11.3 Å². The lowest BCUT2D eigenvalue weighted by Gasteiger charge is -2.13. The zero-order chi connectivity index (χ0) is 24.8. The largest absolute Gasteiger partial charge is 0.433 e. The number of amides is 1. The van der Waals surface area contributed by atoms with Gasteiger partial charge in [-0.25, -0.2) is 9.50 Å². The fourth-order valence-corrected chi connectivity index (χ4v) is 3.89. The van der Waals surface area contributed by atoms with Gasteiger partial charge in [-0.3, -0.25) is 9.48 Å². The van der Waals surface area contributed by atoms with Crippen molar-refractivity contribution in [2.45, 2.75) is 53.4 Å². The highest BCUT2D eigenvalue weighted by molar-refractivity contribution is 5.93. The molecule has 4 aromatic rings. The van der Waals surface area contributed by atoms with Crippen LogP contribution >= 0.6 is 0 Å². The van der Waals surface area contributed by atoms with Crippen LogP contribution in [0.4, 0.5) is 13.2 Å². The van der Waals surface area contributed by atoms with Crippen LogP contribution in [0.2, 0.25) is 0 Å². The van der Waals surface area contributed by atoms with E-state index in [0.29, 0.717) is 16.6 Å². The van der Waals surface area contributed by atoms with Crippen LogP contribution < -0.4 is 5.32 Å². The van der Waals surface area contributed by atoms with Crippen molar-refractivity contribution in [2.75, 3.05) is 0 Å². The molecule has 3 aromatic heterocycles. The highest BCUT2D eigenvalue weighted by Gasteiger charge is 2.36. The summed E-state index contributed by atoms with van der Waals surface area (Å²) in [7, 11) is 0. The van der Waals surface area contributed by atoms with E-state index in [9.17, 15) is 18.0 Å². The molecular weight excluding hydrogens is 445 g/mol. The minimum atomic E-state index is -4.69. The highest BCUT2D eigenvalue weighted by Crippen LogP contribution is 2.33. The van der Waals surface area contributed by atoms with Gasteiger partial charge in [0.15, 0.2) is 17.0 Å². The van der Waals surface area contributed by atoms with E-state index in [1.807, 2.05) is 33.8 Å². The summed E-state index contributed by atoms with van der Waals surface area (Å²) in [6.07, 6.45) is -3.01. The second-order valence-electron chi connectivity index (χ2n) is 8.32.